The van der Waals surface area contributed by atoms with E-state index in [0.717, 1.165) is 38.5 Å². The fourth-order valence-corrected chi connectivity index (χ4v) is 9.03. The summed E-state index contributed by atoms with van der Waals surface area (Å²) in [5, 5.41) is 4.89. The Morgan fingerprint density at radius 2 is 1.35 bits per heavy atom. The minimum atomic E-state index is -3.86. The van der Waals surface area contributed by atoms with Gasteiger partial charge in [-0.1, -0.05) is 17.7 Å². The highest BCUT2D eigenvalue weighted by Crippen LogP contribution is 2.31. The highest BCUT2D eigenvalue weighted by molar-refractivity contribution is 7.89. The molecule has 1 aromatic heterocycles. The number of hydrogen-bond donors (Lipinski definition) is 0. The Morgan fingerprint density at radius 1 is 0.767 bits per heavy atom. The van der Waals surface area contributed by atoms with Crippen LogP contribution in [-0.4, -0.2) is 80.6 Å². The number of ether oxygens (including phenoxy) is 1. The molecule has 0 amide bonds. The molecule has 3 aliphatic rings. The van der Waals surface area contributed by atoms with Crippen LogP contribution in [0.25, 0.3) is 5.69 Å². The first kappa shape index (κ1) is 30.1. The lowest BCUT2D eigenvalue weighted by molar-refractivity contribution is 0.205. The zero-order chi connectivity index (χ0) is 30.2. The lowest BCUT2D eigenvalue weighted by Crippen LogP contribution is -2.49. The van der Waals surface area contributed by atoms with Crippen LogP contribution in [0.2, 0.25) is 5.02 Å². The number of piperazine rings is 1. The van der Waals surface area contributed by atoms with Crippen molar-refractivity contribution in [3.63, 3.8) is 0 Å². The van der Waals surface area contributed by atoms with Gasteiger partial charge in [0.15, 0.2) is 0 Å². The molecule has 11 nitrogen and oxygen atoms in total. The Morgan fingerprint density at radius 3 is 1.93 bits per heavy atom. The molecule has 1 saturated carbocycles. The van der Waals surface area contributed by atoms with Crippen molar-refractivity contribution < 1.29 is 21.6 Å². The van der Waals surface area contributed by atoms with Crippen LogP contribution in [-0.2, 0) is 20.0 Å². The fraction of sp³-hybridized carbons (Fsp3) is 0.448. The van der Waals surface area contributed by atoms with E-state index >= 15 is 0 Å². The normalized spacial score (nSPS) is 19.2. The molecule has 14 heteroatoms. The molecule has 3 fully saturated rings. The van der Waals surface area contributed by atoms with E-state index in [0.29, 0.717) is 42.6 Å². The van der Waals surface area contributed by atoms with Gasteiger partial charge in [-0.3, -0.25) is 4.79 Å². The number of aromatic nitrogens is 2. The van der Waals surface area contributed by atoms with E-state index in [2.05, 4.69) is 5.10 Å². The van der Waals surface area contributed by atoms with Crippen molar-refractivity contribution in [1.29, 1.82) is 0 Å². The van der Waals surface area contributed by atoms with Crippen molar-refractivity contribution in [2.24, 2.45) is 0 Å². The third-order valence-electron chi connectivity index (χ3n) is 8.30. The predicted octanol–water partition coefficient (Wildman–Crippen LogP) is 3.50. The summed E-state index contributed by atoms with van der Waals surface area (Å²) in [5.74, 6) is 0.202. The van der Waals surface area contributed by atoms with Gasteiger partial charge in [0.25, 0.3) is 0 Å². The summed E-state index contributed by atoms with van der Waals surface area (Å²) in [4.78, 5) is 15.7. The Kier molecular flexibility index (Phi) is 8.53. The second-order valence-electron chi connectivity index (χ2n) is 11.1. The largest absolute Gasteiger partial charge is 0.483 e. The van der Waals surface area contributed by atoms with Crippen molar-refractivity contribution in [2.75, 3.05) is 44.2 Å². The van der Waals surface area contributed by atoms with Gasteiger partial charge in [-0.25, -0.2) is 16.8 Å². The van der Waals surface area contributed by atoms with E-state index in [1.807, 2.05) is 4.90 Å². The molecule has 3 aromatic rings. The van der Waals surface area contributed by atoms with Gasteiger partial charge in [0, 0.05) is 44.3 Å². The van der Waals surface area contributed by atoms with Crippen LogP contribution in [0, 0.1) is 0 Å². The number of rotatable bonds is 8. The number of benzene rings is 2. The summed E-state index contributed by atoms with van der Waals surface area (Å²) in [7, 11) is -7.50. The second-order valence-corrected chi connectivity index (χ2v) is 15.4. The van der Waals surface area contributed by atoms with Gasteiger partial charge in [0.05, 0.1) is 27.8 Å². The molecule has 2 saturated heterocycles. The van der Waals surface area contributed by atoms with Gasteiger partial charge in [-0.2, -0.15) is 18.4 Å². The van der Waals surface area contributed by atoms with Crippen LogP contribution in [0.15, 0.2) is 69.3 Å². The zero-order valence-corrected chi connectivity index (χ0v) is 26.0. The molecule has 2 aromatic carbocycles. The molecule has 0 N–H and O–H groups in total. The van der Waals surface area contributed by atoms with Crippen LogP contribution in [0.1, 0.15) is 38.5 Å². The van der Waals surface area contributed by atoms with Gasteiger partial charge in [-0.15, -0.1) is 0 Å². The fourth-order valence-electron chi connectivity index (χ4n) is 5.91. The Labute approximate surface area is 256 Å². The average Bonchev–Trinajstić information content (AvgIpc) is 3.74. The van der Waals surface area contributed by atoms with Gasteiger partial charge in [0.1, 0.15) is 5.69 Å². The Hall–Kier alpha value is -2.97. The van der Waals surface area contributed by atoms with Crippen molar-refractivity contribution in [3.05, 3.63) is 70.1 Å². The first-order valence-electron chi connectivity index (χ1n) is 14.5. The van der Waals surface area contributed by atoms with E-state index < -0.39 is 25.6 Å². The van der Waals surface area contributed by atoms with Gasteiger partial charge in [-0.05, 0) is 81.0 Å². The van der Waals surface area contributed by atoms with Crippen LogP contribution in [0.4, 0.5) is 5.69 Å². The third-order valence-corrected chi connectivity index (χ3v) is 12.4. The standard InChI is InChI=1S/C29H34ClN5O6S2/c30-22-6-5-7-23(20-22)35-29(36)28(41-24-8-1-2-9-24)27(21-31-35)32-16-18-34(19-17-32)43(39,40)26-12-10-25(11-13-26)42(37,38)33-14-3-4-15-33/h5-7,10-13,20-21,24H,1-4,8-9,14-19H2. The van der Waals surface area contributed by atoms with Crippen molar-refractivity contribution >= 4 is 37.3 Å². The number of nitrogens with zero attached hydrogens (tertiary/aromatic N) is 5. The number of halogens is 1. The molecule has 1 aliphatic carbocycles. The minimum Gasteiger partial charge on any atom is -0.483 e. The summed E-state index contributed by atoms with van der Waals surface area (Å²) in [6.07, 6.45) is 6.97. The molecule has 0 atom stereocenters. The van der Waals surface area contributed by atoms with Gasteiger partial charge >= 0.3 is 5.56 Å². The summed E-state index contributed by atoms with van der Waals surface area (Å²) in [5.41, 5.74) is 0.657. The molecule has 43 heavy (non-hydrogen) atoms. The van der Waals surface area contributed by atoms with Crippen molar-refractivity contribution in [2.45, 2.75) is 54.4 Å². The second kappa shape index (κ2) is 12.2. The van der Waals surface area contributed by atoms with E-state index in [-0.39, 0.29) is 34.7 Å². The maximum atomic E-state index is 13.7. The van der Waals surface area contributed by atoms with Crippen molar-refractivity contribution in [3.8, 4) is 11.4 Å². The monoisotopic (exact) mass is 647 g/mol. The minimum absolute atomic E-state index is 0.0392. The van der Waals surface area contributed by atoms with Crippen LogP contribution in [0.3, 0.4) is 0 Å². The van der Waals surface area contributed by atoms with Crippen molar-refractivity contribution in [1.82, 2.24) is 18.4 Å². The number of anilines is 1. The molecule has 230 valence electrons. The Bertz CT molecular complexity index is 1740. The molecule has 2 aliphatic heterocycles. The molecule has 6 rings (SSSR count). The van der Waals surface area contributed by atoms with E-state index in [4.69, 9.17) is 16.3 Å². The summed E-state index contributed by atoms with van der Waals surface area (Å²) in [6, 6.07) is 12.3. The predicted molar refractivity (Wildman–Crippen MR) is 163 cm³/mol. The average molecular weight is 648 g/mol. The number of sulfonamides is 2. The SMILES string of the molecule is O=c1c(OC2CCCC2)c(N2CCN(S(=O)(=O)c3ccc(S(=O)(=O)N4CCCC4)cc3)CC2)cnn1-c1cccc(Cl)c1. The van der Waals surface area contributed by atoms with Gasteiger partial charge < -0.3 is 9.64 Å². The quantitative estimate of drug-likeness (QED) is 0.364. The van der Waals surface area contributed by atoms with Crippen LogP contribution in [0.5, 0.6) is 5.75 Å². The summed E-state index contributed by atoms with van der Waals surface area (Å²) in [6.45, 7) is 1.96. The lowest BCUT2D eigenvalue weighted by atomic mass is 10.2. The summed E-state index contributed by atoms with van der Waals surface area (Å²) < 4.78 is 63.0. The molecule has 0 spiro atoms. The molecule has 0 radical (unpaired) electrons. The Balaban J connectivity index is 1.21. The van der Waals surface area contributed by atoms with E-state index in [9.17, 15) is 21.6 Å². The van der Waals surface area contributed by atoms with E-state index in [1.54, 1.807) is 30.5 Å². The molecule has 3 heterocycles. The molecule has 0 bridgehead atoms. The summed E-state index contributed by atoms with van der Waals surface area (Å²) >= 11 is 6.16. The lowest BCUT2D eigenvalue weighted by Gasteiger charge is -2.36. The van der Waals surface area contributed by atoms with E-state index in [1.165, 1.54) is 37.6 Å². The van der Waals surface area contributed by atoms with Gasteiger partial charge in [0.2, 0.25) is 25.8 Å². The topological polar surface area (TPSA) is 122 Å². The van der Waals surface area contributed by atoms with Crippen LogP contribution < -0.4 is 15.2 Å². The first-order valence-corrected chi connectivity index (χ1v) is 17.8. The van der Waals surface area contributed by atoms with Crippen LogP contribution >= 0.6 is 11.6 Å². The molecule has 0 unspecified atom stereocenters. The highest BCUT2D eigenvalue weighted by atomic mass is 35.5. The maximum Gasteiger partial charge on any atom is 0.316 e. The molecular weight excluding hydrogens is 614 g/mol. The zero-order valence-electron chi connectivity index (χ0n) is 23.6. The first-order chi connectivity index (χ1) is 20.6. The third kappa shape index (κ3) is 6.05. The molecular formula is C29H34ClN5O6S2. The smallest absolute Gasteiger partial charge is 0.316 e. The maximum absolute atomic E-state index is 13.7. The highest BCUT2D eigenvalue weighted by Gasteiger charge is 2.33. The number of hydrogen-bond acceptors (Lipinski definition) is 8.